The Morgan fingerprint density at radius 3 is 2.23 bits per heavy atom. The molecular weight excluding hydrogens is 310 g/mol. The molecule has 0 fully saturated rings. The van der Waals surface area contributed by atoms with E-state index in [-0.39, 0.29) is 0 Å². The molecule has 0 aliphatic carbocycles. The van der Waals surface area contributed by atoms with E-state index in [9.17, 15) is 0 Å². The second-order valence-corrected chi connectivity index (χ2v) is 6.12. The Morgan fingerprint density at radius 2 is 1.55 bits per heavy atom. The SMILES string of the molecule is CSc1cc(-c2ccccc2)nc(-c2cccc(CCl)c2)c1. The third kappa shape index (κ3) is 3.34. The first-order valence-corrected chi connectivity index (χ1v) is 8.83. The summed E-state index contributed by atoms with van der Waals surface area (Å²) in [6, 6.07) is 22.8. The minimum atomic E-state index is 0.515. The third-order valence-corrected chi connectivity index (χ3v) is 4.50. The summed E-state index contributed by atoms with van der Waals surface area (Å²) in [6.45, 7) is 0. The summed E-state index contributed by atoms with van der Waals surface area (Å²) in [6.07, 6.45) is 2.09. The van der Waals surface area contributed by atoms with E-state index in [0.717, 1.165) is 28.1 Å². The van der Waals surface area contributed by atoms with Crippen LogP contribution in [0.4, 0.5) is 0 Å². The third-order valence-electron chi connectivity index (χ3n) is 3.48. The van der Waals surface area contributed by atoms with Crippen LogP contribution < -0.4 is 0 Å². The Balaban J connectivity index is 2.11. The van der Waals surface area contributed by atoms with Crippen molar-refractivity contribution >= 4 is 23.4 Å². The first-order valence-electron chi connectivity index (χ1n) is 7.07. The second-order valence-electron chi connectivity index (χ2n) is 4.98. The molecule has 110 valence electrons. The van der Waals surface area contributed by atoms with Gasteiger partial charge in [0, 0.05) is 21.9 Å². The van der Waals surface area contributed by atoms with E-state index in [1.807, 2.05) is 30.3 Å². The zero-order chi connectivity index (χ0) is 15.4. The molecule has 1 nitrogen and oxygen atoms in total. The highest BCUT2D eigenvalue weighted by Gasteiger charge is 2.07. The lowest BCUT2D eigenvalue weighted by Gasteiger charge is -2.09. The van der Waals surface area contributed by atoms with Gasteiger partial charge in [0.15, 0.2) is 0 Å². The summed E-state index contributed by atoms with van der Waals surface area (Å²) in [5.74, 6) is 0.515. The molecule has 0 atom stereocenters. The van der Waals surface area contributed by atoms with Crippen molar-refractivity contribution in [1.29, 1.82) is 0 Å². The summed E-state index contributed by atoms with van der Waals surface area (Å²) in [4.78, 5) is 6.05. The van der Waals surface area contributed by atoms with Gasteiger partial charge in [-0.3, -0.25) is 0 Å². The van der Waals surface area contributed by atoms with E-state index in [4.69, 9.17) is 16.6 Å². The number of pyridine rings is 1. The number of rotatable bonds is 4. The Bertz CT molecular complexity index is 771. The summed E-state index contributed by atoms with van der Waals surface area (Å²) < 4.78 is 0. The fourth-order valence-electron chi connectivity index (χ4n) is 2.34. The van der Waals surface area contributed by atoms with Gasteiger partial charge in [-0.05, 0) is 30.0 Å². The lowest BCUT2D eigenvalue weighted by atomic mass is 10.1. The van der Waals surface area contributed by atoms with Crippen LogP contribution in [0.25, 0.3) is 22.5 Å². The van der Waals surface area contributed by atoms with E-state index in [1.165, 1.54) is 4.90 Å². The number of benzene rings is 2. The quantitative estimate of drug-likeness (QED) is 0.439. The Kier molecular flexibility index (Phi) is 4.81. The lowest BCUT2D eigenvalue weighted by Crippen LogP contribution is -1.90. The predicted molar refractivity (Wildman–Crippen MR) is 96.4 cm³/mol. The van der Waals surface area contributed by atoms with E-state index in [0.29, 0.717) is 5.88 Å². The van der Waals surface area contributed by atoms with Crippen LogP contribution in [0.2, 0.25) is 0 Å². The van der Waals surface area contributed by atoms with Crippen molar-refractivity contribution in [1.82, 2.24) is 4.98 Å². The number of alkyl halides is 1. The second kappa shape index (κ2) is 6.99. The zero-order valence-corrected chi connectivity index (χ0v) is 13.9. The van der Waals surface area contributed by atoms with Crippen LogP contribution >= 0.6 is 23.4 Å². The zero-order valence-electron chi connectivity index (χ0n) is 12.3. The van der Waals surface area contributed by atoms with Crippen LogP contribution in [0.3, 0.4) is 0 Å². The molecule has 0 unspecified atom stereocenters. The number of halogens is 1. The fourth-order valence-corrected chi connectivity index (χ4v) is 2.97. The maximum atomic E-state index is 5.95. The maximum absolute atomic E-state index is 5.95. The van der Waals surface area contributed by atoms with Gasteiger partial charge >= 0.3 is 0 Å². The fraction of sp³-hybridized carbons (Fsp3) is 0.105. The number of hydrogen-bond acceptors (Lipinski definition) is 2. The minimum Gasteiger partial charge on any atom is -0.248 e. The first kappa shape index (κ1) is 15.1. The van der Waals surface area contributed by atoms with Gasteiger partial charge in [-0.15, -0.1) is 23.4 Å². The molecule has 0 N–H and O–H groups in total. The Morgan fingerprint density at radius 1 is 0.864 bits per heavy atom. The molecule has 0 saturated heterocycles. The minimum absolute atomic E-state index is 0.515. The van der Waals surface area contributed by atoms with Crippen molar-refractivity contribution in [3.05, 3.63) is 72.3 Å². The monoisotopic (exact) mass is 325 g/mol. The lowest BCUT2D eigenvalue weighted by molar-refractivity contribution is 1.26. The van der Waals surface area contributed by atoms with Gasteiger partial charge in [0.2, 0.25) is 0 Å². The molecule has 3 rings (SSSR count). The van der Waals surface area contributed by atoms with Gasteiger partial charge in [0.25, 0.3) is 0 Å². The number of aromatic nitrogens is 1. The average Bonchev–Trinajstić information content (AvgIpc) is 2.62. The highest BCUT2D eigenvalue weighted by molar-refractivity contribution is 7.98. The highest BCUT2D eigenvalue weighted by Crippen LogP contribution is 2.29. The Labute approximate surface area is 140 Å². The summed E-state index contributed by atoms with van der Waals surface area (Å²) >= 11 is 7.68. The summed E-state index contributed by atoms with van der Waals surface area (Å²) in [7, 11) is 0. The average molecular weight is 326 g/mol. The van der Waals surface area contributed by atoms with Gasteiger partial charge in [0.1, 0.15) is 0 Å². The number of hydrogen-bond donors (Lipinski definition) is 0. The largest absolute Gasteiger partial charge is 0.248 e. The van der Waals surface area contributed by atoms with Crippen molar-refractivity contribution in [3.63, 3.8) is 0 Å². The molecule has 0 radical (unpaired) electrons. The first-order chi connectivity index (χ1) is 10.8. The van der Waals surface area contributed by atoms with Gasteiger partial charge < -0.3 is 0 Å². The van der Waals surface area contributed by atoms with Crippen LogP contribution in [0.1, 0.15) is 5.56 Å². The van der Waals surface area contributed by atoms with E-state index >= 15 is 0 Å². The molecule has 0 amide bonds. The van der Waals surface area contributed by atoms with Gasteiger partial charge in [-0.1, -0.05) is 48.5 Å². The normalized spacial score (nSPS) is 10.6. The van der Waals surface area contributed by atoms with Crippen molar-refractivity contribution < 1.29 is 0 Å². The molecule has 2 aromatic carbocycles. The molecule has 1 heterocycles. The van der Waals surface area contributed by atoms with Crippen LogP contribution in [-0.2, 0) is 5.88 Å². The molecule has 0 spiro atoms. The summed E-state index contributed by atoms with van der Waals surface area (Å²) in [5, 5.41) is 0. The molecule has 22 heavy (non-hydrogen) atoms. The highest BCUT2D eigenvalue weighted by atomic mass is 35.5. The molecular formula is C19H16ClNS. The van der Waals surface area contributed by atoms with Crippen LogP contribution in [0, 0.1) is 0 Å². The van der Waals surface area contributed by atoms with Crippen LogP contribution in [-0.4, -0.2) is 11.2 Å². The van der Waals surface area contributed by atoms with Gasteiger partial charge in [-0.2, -0.15) is 0 Å². The Hall–Kier alpha value is -1.77. The molecule has 0 aliphatic heterocycles. The maximum Gasteiger partial charge on any atom is 0.0720 e. The van der Waals surface area contributed by atoms with Crippen molar-refractivity contribution in [2.45, 2.75) is 10.8 Å². The molecule has 0 aliphatic rings. The molecule has 3 aromatic rings. The standard InChI is InChI=1S/C19H16ClNS/c1-22-17-11-18(15-7-3-2-4-8-15)21-19(12-17)16-9-5-6-14(10-16)13-20/h2-12H,13H2,1H3. The number of thioether (sulfide) groups is 1. The van der Waals surface area contributed by atoms with E-state index in [1.54, 1.807) is 11.8 Å². The molecule has 1 aromatic heterocycles. The van der Waals surface area contributed by atoms with Crippen molar-refractivity contribution in [2.75, 3.05) is 6.26 Å². The van der Waals surface area contributed by atoms with Crippen LogP contribution in [0.5, 0.6) is 0 Å². The van der Waals surface area contributed by atoms with Crippen molar-refractivity contribution in [2.24, 2.45) is 0 Å². The van der Waals surface area contributed by atoms with E-state index in [2.05, 4.69) is 42.7 Å². The molecule has 3 heteroatoms. The molecule has 0 saturated carbocycles. The van der Waals surface area contributed by atoms with Crippen LogP contribution in [0.15, 0.2) is 71.6 Å². The molecule has 0 bridgehead atoms. The van der Waals surface area contributed by atoms with Gasteiger partial charge in [-0.25, -0.2) is 4.98 Å². The topological polar surface area (TPSA) is 12.9 Å². The van der Waals surface area contributed by atoms with E-state index < -0.39 is 0 Å². The number of nitrogens with zero attached hydrogens (tertiary/aromatic N) is 1. The predicted octanol–water partition coefficient (Wildman–Crippen LogP) is 5.88. The van der Waals surface area contributed by atoms with Gasteiger partial charge in [0.05, 0.1) is 11.4 Å². The smallest absolute Gasteiger partial charge is 0.0720 e. The van der Waals surface area contributed by atoms with Crippen molar-refractivity contribution in [3.8, 4) is 22.5 Å². The summed E-state index contributed by atoms with van der Waals surface area (Å²) in [5.41, 5.74) is 5.33.